The fraction of sp³-hybridized carbons (Fsp3) is 0.217. The van der Waals surface area contributed by atoms with Gasteiger partial charge in [0.25, 0.3) is 5.91 Å². The molecule has 3 aliphatic heterocycles. The van der Waals surface area contributed by atoms with Crippen LogP contribution in [-0.2, 0) is 4.74 Å². The van der Waals surface area contributed by atoms with Gasteiger partial charge in [0.15, 0.2) is 0 Å². The molecule has 150 valence electrons. The number of carbonyl (C=O) groups excluding carboxylic acids is 1. The Morgan fingerprint density at radius 1 is 1.07 bits per heavy atom. The van der Waals surface area contributed by atoms with E-state index < -0.39 is 5.97 Å². The lowest BCUT2D eigenvalue weighted by molar-refractivity contribution is 0.0696. The fourth-order valence-electron chi connectivity index (χ4n) is 4.82. The number of fused-ring (bicyclic) bond motifs is 4. The lowest BCUT2D eigenvalue weighted by Crippen LogP contribution is -2.39. The molecule has 1 unspecified atom stereocenters. The predicted octanol–water partition coefficient (Wildman–Crippen LogP) is 3.46. The third kappa shape index (κ3) is 2.29. The predicted molar refractivity (Wildman–Crippen MR) is 114 cm³/mol. The van der Waals surface area contributed by atoms with Crippen LogP contribution < -0.4 is 15.1 Å². The van der Waals surface area contributed by atoms with Gasteiger partial charge in [-0.05, 0) is 30.3 Å². The van der Waals surface area contributed by atoms with Crippen molar-refractivity contribution in [2.24, 2.45) is 0 Å². The molecular formula is C23H19N3O4. The third-order valence-corrected chi connectivity index (χ3v) is 6.20. The fourth-order valence-corrected chi connectivity index (χ4v) is 4.82. The number of anilines is 3. The highest BCUT2D eigenvalue weighted by Crippen LogP contribution is 2.48. The van der Waals surface area contributed by atoms with E-state index >= 15 is 0 Å². The van der Waals surface area contributed by atoms with Crippen LogP contribution in [-0.4, -0.2) is 43.3 Å². The summed E-state index contributed by atoms with van der Waals surface area (Å²) in [6.07, 6.45) is -0.354. The summed E-state index contributed by atoms with van der Waals surface area (Å²) in [7, 11) is 0. The molecule has 6 rings (SSSR count). The van der Waals surface area contributed by atoms with E-state index in [2.05, 4.69) is 16.3 Å². The van der Waals surface area contributed by atoms with Crippen molar-refractivity contribution >= 4 is 39.7 Å². The summed E-state index contributed by atoms with van der Waals surface area (Å²) in [5.41, 5.74) is 4.30. The van der Waals surface area contributed by atoms with Gasteiger partial charge in [-0.15, -0.1) is 0 Å². The zero-order valence-corrected chi connectivity index (χ0v) is 16.1. The van der Waals surface area contributed by atoms with E-state index in [4.69, 9.17) is 4.74 Å². The molecule has 0 spiro atoms. The first-order valence-corrected chi connectivity index (χ1v) is 9.99. The molecule has 0 bridgehead atoms. The van der Waals surface area contributed by atoms with Crippen molar-refractivity contribution in [2.45, 2.75) is 6.17 Å². The highest BCUT2D eigenvalue weighted by atomic mass is 16.5. The van der Waals surface area contributed by atoms with Gasteiger partial charge >= 0.3 is 5.97 Å². The molecule has 0 saturated carbocycles. The van der Waals surface area contributed by atoms with E-state index in [1.54, 1.807) is 23.1 Å². The van der Waals surface area contributed by atoms with Crippen LogP contribution in [0.15, 0.2) is 48.5 Å². The number of nitrogens with one attached hydrogen (secondary N) is 1. The van der Waals surface area contributed by atoms with Gasteiger partial charge in [0.1, 0.15) is 6.17 Å². The normalized spacial score (nSPS) is 19.5. The third-order valence-electron chi connectivity index (χ3n) is 6.20. The van der Waals surface area contributed by atoms with Crippen molar-refractivity contribution < 1.29 is 19.4 Å². The number of carbonyl (C=O) groups is 2. The van der Waals surface area contributed by atoms with Crippen LogP contribution in [0.5, 0.6) is 0 Å². The molecule has 2 N–H and O–H groups in total. The molecule has 7 nitrogen and oxygen atoms in total. The number of benzene rings is 3. The largest absolute Gasteiger partial charge is 0.478 e. The molecule has 3 heterocycles. The van der Waals surface area contributed by atoms with Gasteiger partial charge < -0.3 is 20.1 Å². The Morgan fingerprint density at radius 3 is 2.70 bits per heavy atom. The Bertz CT molecular complexity index is 1230. The van der Waals surface area contributed by atoms with Gasteiger partial charge in [-0.2, -0.15) is 0 Å². The monoisotopic (exact) mass is 401 g/mol. The molecule has 3 aromatic rings. The van der Waals surface area contributed by atoms with E-state index in [-0.39, 0.29) is 17.6 Å². The van der Waals surface area contributed by atoms with Crippen molar-refractivity contribution in [1.29, 1.82) is 0 Å². The molecule has 1 fully saturated rings. The van der Waals surface area contributed by atoms with E-state index in [1.165, 1.54) is 0 Å². The Morgan fingerprint density at radius 2 is 1.90 bits per heavy atom. The van der Waals surface area contributed by atoms with Crippen LogP contribution in [0.3, 0.4) is 0 Å². The molecule has 1 saturated heterocycles. The standard InChI is InChI=1S/C23H19N3O4/c27-22-16-5-7-18(25-8-10-30-11-9-25)14-2-1-3-15(20(14)16)21-24-17-6-4-13(23(28)29)12-19(17)26(21)22/h1-7,12,21,24H,8-11H2,(H,28,29). The zero-order chi connectivity index (χ0) is 20.4. The van der Waals surface area contributed by atoms with Gasteiger partial charge in [0.2, 0.25) is 0 Å². The summed E-state index contributed by atoms with van der Waals surface area (Å²) in [4.78, 5) is 28.9. The smallest absolute Gasteiger partial charge is 0.335 e. The highest BCUT2D eigenvalue weighted by molar-refractivity contribution is 6.21. The summed E-state index contributed by atoms with van der Waals surface area (Å²) < 4.78 is 5.49. The number of morpholine rings is 1. The lowest BCUT2D eigenvalue weighted by Gasteiger charge is -2.34. The average molecular weight is 401 g/mol. The maximum absolute atomic E-state index is 13.5. The Balaban J connectivity index is 1.53. The van der Waals surface area contributed by atoms with E-state index in [0.717, 1.165) is 40.8 Å². The summed E-state index contributed by atoms with van der Waals surface area (Å²) >= 11 is 0. The van der Waals surface area contributed by atoms with E-state index in [1.807, 2.05) is 24.3 Å². The number of ether oxygens (including phenoxy) is 1. The van der Waals surface area contributed by atoms with E-state index in [9.17, 15) is 14.7 Å². The number of aromatic carboxylic acids is 1. The average Bonchev–Trinajstić information content (AvgIpc) is 3.17. The molecule has 0 aromatic heterocycles. The Kier molecular flexibility index (Phi) is 3.58. The number of carboxylic acids is 1. The Hall–Kier alpha value is -3.58. The van der Waals surface area contributed by atoms with Gasteiger partial charge in [0, 0.05) is 40.7 Å². The minimum Gasteiger partial charge on any atom is -0.478 e. The molecule has 3 aromatic carbocycles. The molecule has 30 heavy (non-hydrogen) atoms. The molecule has 1 amide bonds. The van der Waals surface area contributed by atoms with Crippen molar-refractivity contribution in [3.8, 4) is 0 Å². The SMILES string of the molecule is O=C(O)c1ccc2c(c1)N1C(=O)c3ccc(N4CCOCC4)c4cccc(c34)C1N2. The summed E-state index contributed by atoms with van der Waals surface area (Å²) in [5, 5.41) is 14.8. The van der Waals surface area contributed by atoms with Crippen molar-refractivity contribution in [3.63, 3.8) is 0 Å². The first-order chi connectivity index (χ1) is 14.6. The van der Waals surface area contributed by atoms with Crippen molar-refractivity contribution in [1.82, 2.24) is 0 Å². The van der Waals surface area contributed by atoms with Crippen LogP contribution in [0, 0.1) is 0 Å². The number of nitrogens with zero attached hydrogens (tertiary/aromatic N) is 2. The lowest BCUT2D eigenvalue weighted by atomic mass is 9.91. The van der Waals surface area contributed by atoms with Crippen molar-refractivity contribution in [3.05, 3.63) is 65.2 Å². The van der Waals surface area contributed by atoms with Gasteiger partial charge in [-0.25, -0.2) is 4.79 Å². The number of amides is 1. The van der Waals surface area contributed by atoms with Crippen LogP contribution in [0.1, 0.15) is 32.4 Å². The van der Waals surface area contributed by atoms with Crippen LogP contribution >= 0.6 is 0 Å². The number of hydrogen-bond donors (Lipinski definition) is 2. The van der Waals surface area contributed by atoms with Crippen LogP contribution in [0.25, 0.3) is 10.8 Å². The Labute approximate surface area is 172 Å². The molecule has 3 aliphatic rings. The minimum absolute atomic E-state index is 0.119. The number of rotatable bonds is 2. The first kappa shape index (κ1) is 17.3. The van der Waals surface area contributed by atoms with Crippen LogP contribution in [0.4, 0.5) is 17.1 Å². The second kappa shape index (κ2) is 6.21. The maximum atomic E-state index is 13.5. The minimum atomic E-state index is -1.01. The van der Waals surface area contributed by atoms with Crippen LogP contribution in [0.2, 0.25) is 0 Å². The zero-order valence-electron chi connectivity index (χ0n) is 16.1. The summed E-state index contributed by atoms with van der Waals surface area (Å²) in [6.45, 7) is 3.04. The molecule has 0 aliphatic carbocycles. The van der Waals surface area contributed by atoms with Crippen molar-refractivity contribution in [2.75, 3.05) is 41.4 Å². The highest BCUT2D eigenvalue weighted by Gasteiger charge is 2.41. The van der Waals surface area contributed by atoms with E-state index in [0.29, 0.717) is 24.5 Å². The van der Waals surface area contributed by atoms with Gasteiger partial charge in [0.05, 0.1) is 30.2 Å². The summed E-state index contributed by atoms with van der Waals surface area (Å²) in [5.74, 6) is -1.13. The van der Waals surface area contributed by atoms with Gasteiger partial charge in [-0.1, -0.05) is 18.2 Å². The number of hydrogen-bond acceptors (Lipinski definition) is 5. The van der Waals surface area contributed by atoms with Gasteiger partial charge in [-0.3, -0.25) is 9.69 Å². The summed E-state index contributed by atoms with van der Waals surface area (Å²) in [6, 6.07) is 14.9. The quantitative estimate of drug-likeness (QED) is 0.684. The second-order valence-corrected chi connectivity index (χ2v) is 7.76. The second-order valence-electron chi connectivity index (χ2n) is 7.76. The molecule has 1 atom stereocenters. The first-order valence-electron chi connectivity index (χ1n) is 9.99. The topological polar surface area (TPSA) is 82.1 Å². The molecular weight excluding hydrogens is 382 g/mol. The number of carboxylic acid groups (broad SMARTS) is 1. The molecule has 0 radical (unpaired) electrons. The maximum Gasteiger partial charge on any atom is 0.335 e. The molecule has 7 heteroatoms.